The van der Waals surface area contributed by atoms with E-state index in [9.17, 15) is 17.6 Å². The van der Waals surface area contributed by atoms with Crippen molar-refractivity contribution in [1.82, 2.24) is 19.7 Å². The molecular formula is C12H13FN4O5S. The number of aromatic carboxylic acids is 1. The van der Waals surface area contributed by atoms with Gasteiger partial charge in [-0.3, -0.25) is 4.68 Å². The molecule has 0 aliphatic heterocycles. The van der Waals surface area contributed by atoms with Gasteiger partial charge in [0.05, 0.1) is 24.7 Å². The molecule has 2 rings (SSSR count). The minimum Gasteiger partial charge on any atom is -0.494 e. The second-order valence-corrected chi connectivity index (χ2v) is 6.13. The van der Waals surface area contributed by atoms with Gasteiger partial charge in [0.1, 0.15) is 0 Å². The maximum atomic E-state index is 13.3. The molecule has 0 atom stereocenters. The minimum absolute atomic E-state index is 0.0511. The summed E-state index contributed by atoms with van der Waals surface area (Å²) in [5, 5.41) is 15.7. The lowest BCUT2D eigenvalue weighted by molar-refractivity contribution is 0.0690. The number of halogens is 1. The molecule has 9 nitrogen and oxygen atoms in total. The average molecular weight is 344 g/mol. The molecule has 2 aromatic rings. The van der Waals surface area contributed by atoms with Gasteiger partial charge in [-0.15, -0.1) is 5.10 Å². The van der Waals surface area contributed by atoms with Crippen molar-refractivity contribution < 1.29 is 27.4 Å². The van der Waals surface area contributed by atoms with E-state index in [0.717, 1.165) is 18.2 Å². The van der Waals surface area contributed by atoms with Crippen LogP contribution in [0.5, 0.6) is 5.75 Å². The Morgan fingerprint density at radius 1 is 1.48 bits per heavy atom. The van der Waals surface area contributed by atoms with E-state index in [1.807, 2.05) is 0 Å². The zero-order valence-corrected chi connectivity index (χ0v) is 12.7. The number of hydrogen-bond donors (Lipinski definition) is 2. The number of carboxylic acid groups (broad SMARTS) is 1. The van der Waals surface area contributed by atoms with Gasteiger partial charge in [-0.05, 0) is 12.1 Å². The predicted octanol–water partition coefficient (Wildman–Crippen LogP) is 0.102. The van der Waals surface area contributed by atoms with Crippen LogP contribution < -0.4 is 9.46 Å². The molecule has 0 spiro atoms. The number of nitrogens with zero attached hydrogens (tertiary/aromatic N) is 3. The van der Waals surface area contributed by atoms with E-state index in [-0.39, 0.29) is 29.4 Å². The highest BCUT2D eigenvalue weighted by molar-refractivity contribution is 7.89. The molecule has 0 saturated heterocycles. The topological polar surface area (TPSA) is 123 Å². The summed E-state index contributed by atoms with van der Waals surface area (Å²) in [5.74, 6) is -2.08. The molecule has 0 aliphatic carbocycles. The molecule has 0 saturated carbocycles. The lowest BCUT2D eigenvalue weighted by atomic mass is 10.3. The monoisotopic (exact) mass is 344 g/mol. The van der Waals surface area contributed by atoms with Crippen molar-refractivity contribution in [3.63, 3.8) is 0 Å². The Morgan fingerprint density at radius 3 is 2.83 bits per heavy atom. The number of sulfonamides is 1. The largest absolute Gasteiger partial charge is 0.494 e. The smallest absolute Gasteiger partial charge is 0.358 e. The number of rotatable bonds is 7. The summed E-state index contributed by atoms with van der Waals surface area (Å²) in [6.07, 6.45) is 1.18. The van der Waals surface area contributed by atoms with Gasteiger partial charge in [0.25, 0.3) is 0 Å². The van der Waals surface area contributed by atoms with Crippen molar-refractivity contribution in [2.24, 2.45) is 0 Å². The summed E-state index contributed by atoms with van der Waals surface area (Å²) >= 11 is 0. The van der Waals surface area contributed by atoms with Crippen LogP contribution in [0.1, 0.15) is 10.5 Å². The first kappa shape index (κ1) is 16.8. The number of nitrogens with one attached hydrogen (secondary N) is 1. The fourth-order valence-corrected chi connectivity index (χ4v) is 2.73. The van der Waals surface area contributed by atoms with Crippen LogP contribution in [0, 0.1) is 5.82 Å². The van der Waals surface area contributed by atoms with E-state index < -0.39 is 21.8 Å². The van der Waals surface area contributed by atoms with Crippen molar-refractivity contribution in [3.05, 3.63) is 35.9 Å². The lowest BCUT2D eigenvalue weighted by Crippen LogP contribution is -2.27. The normalized spacial score (nSPS) is 11.4. The highest BCUT2D eigenvalue weighted by atomic mass is 32.2. The van der Waals surface area contributed by atoms with Crippen LogP contribution in [0.3, 0.4) is 0 Å². The number of carboxylic acids is 1. The molecule has 0 unspecified atom stereocenters. The highest BCUT2D eigenvalue weighted by Gasteiger charge is 2.16. The average Bonchev–Trinajstić information content (AvgIpc) is 2.96. The molecule has 0 amide bonds. The van der Waals surface area contributed by atoms with Crippen molar-refractivity contribution in [2.75, 3.05) is 13.7 Å². The Balaban J connectivity index is 2.02. The van der Waals surface area contributed by atoms with Crippen LogP contribution in [0.4, 0.5) is 4.39 Å². The SMILES string of the molecule is COc1cc(S(=O)(=O)NCCn2cc(C(=O)O)nn2)ccc1F. The van der Waals surface area contributed by atoms with Gasteiger partial charge in [0.2, 0.25) is 10.0 Å². The molecule has 11 heteroatoms. The summed E-state index contributed by atoms with van der Waals surface area (Å²) in [6.45, 7) is 0.0300. The summed E-state index contributed by atoms with van der Waals surface area (Å²) in [7, 11) is -2.63. The van der Waals surface area contributed by atoms with Crippen molar-refractivity contribution in [1.29, 1.82) is 0 Å². The molecule has 2 N–H and O–H groups in total. The number of methoxy groups -OCH3 is 1. The first-order valence-corrected chi connectivity index (χ1v) is 7.78. The van der Waals surface area contributed by atoms with Crippen LogP contribution in [0.15, 0.2) is 29.3 Å². The number of benzene rings is 1. The van der Waals surface area contributed by atoms with Crippen molar-refractivity contribution >= 4 is 16.0 Å². The zero-order chi connectivity index (χ0) is 17.0. The second kappa shape index (κ2) is 6.71. The first-order valence-electron chi connectivity index (χ1n) is 6.30. The molecule has 0 bridgehead atoms. The Kier molecular flexibility index (Phi) is 4.91. The lowest BCUT2D eigenvalue weighted by Gasteiger charge is -2.08. The third kappa shape index (κ3) is 4.02. The van der Waals surface area contributed by atoms with Crippen LogP contribution in [0.25, 0.3) is 0 Å². The van der Waals surface area contributed by atoms with Crippen molar-refractivity contribution in [2.45, 2.75) is 11.4 Å². The molecule has 0 radical (unpaired) electrons. The predicted molar refractivity (Wildman–Crippen MR) is 75.1 cm³/mol. The zero-order valence-electron chi connectivity index (χ0n) is 11.9. The van der Waals surface area contributed by atoms with Gasteiger partial charge in [0.15, 0.2) is 17.3 Å². The number of ether oxygens (including phenoxy) is 1. The molecule has 1 aromatic carbocycles. The van der Waals surface area contributed by atoms with Crippen LogP contribution in [-0.2, 0) is 16.6 Å². The van der Waals surface area contributed by atoms with Gasteiger partial charge >= 0.3 is 5.97 Å². The minimum atomic E-state index is -3.86. The summed E-state index contributed by atoms with van der Waals surface area (Å²) in [4.78, 5) is 10.5. The first-order chi connectivity index (χ1) is 10.8. The third-order valence-corrected chi connectivity index (χ3v) is 4.28. The Morgan fingerprint density at radius 2 is 2.22 bits per heavy atom. The van der Waals surface area contributed by atoms with Crippen molar-refractivity contribution in [3.8, 4) is 5.75 Å². The molecule has 0 aliphatic rings. The van der Waals surface area contributed by atoms with Crippen LogP contribution in [-0.4, -0.2) is 48.1 Å². The van der Waals surface area contributed by atoms with Gasteiger partial charge < -0.3 is 9.84 Å². The Bertz CT molecular complexity index is 821. The Hall–Kier alpha value is -2.53. The standard InChI is InChI=1S/C12H13FN4O5S/c1-22-11-6-8(2-3-9(11)13)23(20,21)14-4-5-17-7-10(12(18)19)15-16-17/h2-3,6-7,14H,4-5H2,1H3,(H,18,19). The fraction of sp³-hybridized carbons (Fsp3) is 0.250. The van der Waals surface area contributed by atoms with E-state index in [2.05, 4.69) is 15.0 Å². The van der Waals surface area contributed by atoms with E-state index in [1.165, 1.54) is 18.0 Å². The summed E-state index contributed by atoms with van der Waals surface area (Å²) in [6, 6.07) is 3.16. The van der Waals surface area contributed by atoms with E-state index in [1.54, 1.807) is 0 Å². The maximum absolute atomic E-state index is 13.3. The number of aromatic nitrogens is 3. The Labute approximate surface area is 130 Å². The molecule has 1 heterocycles. The molecule has 23 heavy (non-hydrogen) atoms. The van der Waals surface area contributed by atoms with Gasteiger partial charge in [0, 0.05) is 12.6 Å². The fourth-order valence-electron chi connectivity index (χ4n) is 1.69. The maximum Gasteiger partial charge on any atom is 0.358 e. The molecular weight excluding hydrogens is 331 g/mol. The molecule has 0 fully saturated rings. The van der Waals surface area contributed by atoms with Crippen LogP contribution >= 0.6 is 0 Å². The highest BCUT2D eigenvalue weighted by Crippen LogP contribution is 2.21. The van der Waals surface area contributed by atoms with E-state index in [0.29, 0.717) is 0 Å². The van der Waals surface area contributed by atoms with Gasteiger partial charge in [-0.2, -0.15) is 0 Å². The quantitative estimate of drug-likeness (QED) is 0.730. The summed E-state index contributed by atoms with van der Waals surface area (Å²) in [5.41, 5.74) is -0.240. The van der Waals surface area contributed by atoms with Gasteiger partial charge in [-0.1, -0.05) is 5.21 Å². The molecule has 1 aromatic heterocycles. The molecule has 124 valence electrons. The third-order valence-electron chi connectivity index (χ3n) is 2.82. The number of hydrogen-bond acceptors (Lipinski definition) is 6. The van der Waals surface area contributed by atoms with E-state index >= 15 is 0 Å². The van der Waals surface area contributed by atoms with E-state index in [4.69, 9.17) is 9.84 Å². The number of carbonyl (C=O) groups is 1. The van der Waals surface area contributed by atoms with Gasteiger partial charge in [-0.25, -0.2) is 22.3 Å². The second-order valence-electron chi connectivity index (χ2n) is 4.37. The summed E-state index contributed by atoms with van der Waals surface area (Å²) < 4.78 is 45.7. The van der Waals surface area contributed by atoms with Crippen LogP contribution in [0.2, 0.25) is 0 Å².